The number of benzene rings is 2. The molecule has 1 saturated heterocycles. The van der Waals surface area contributed by atoms with Gasteiger partial charge < -0.3 is 24.0 Å². The first kappa shape index (κ1) is 20.8. The van der Waals surface area contributed by atoms with Crippen LogP contribution in [0.3, 0.4) is 0 Å². The van der Waals surface area contributed by atoms with Crippen LogP contribution < -0.4 is 24.0 Å². The summed E-state index contributed by atoms with van der Waals surface area (Å²) in [6.45, 7) is 6.16. The zero-order valence-electron chi connectivity index (χ0n) is 18.2. The number of nitrogens with zero attached hydrogens (tertiary/aromatic N) is 4. The molecule has 0 unspecified atom stereocenters. The van der Waals surface area contributed by atoms with Crippen LogP contribution >= 0.6 is 0 Å². The van der Waals surface area contributed by atoms with E-state index in [0.29, 0.717) is 6.61 Å². The Morgan fingerprint density at radius 1 is 0.839 bits per heavy atom. The third kappa shape index (κ3) is 4.66. The van der Waals surface area contributed by atoms with E-state index in [-0.39, 0.29) is 0 Å². The average molecular weight is 421 g/mol. The molecular formula is C24H28N4O3. The van der Waals surface area contributed by atoms with E-state index in [2.05, 4.69) is 20.9 Å². The predicted molar refractivity (Wildman–Crippen MR) is 123 cm³/mol. The number of rotatable bonds is 7. The number of anilines is 2. The van der Waals surface area contributed by atoms with Gasteiger partial charge in [-0.3, -0.25) is 4.98 Å². The minimum Gasteiger partial charge on any atom is -0.494 e. The number of hydrogen-bond acceptors (Lipinski definition) is 7. The normalized spacial score (nSPS) is 13.8. The maximum absolute atomic E-state index is 5.53. The first-order chi connectivity index (χ1) is 15.2. The molecule has 1 aliphatic heterocycles. The lowest BCUT2D eigenvalue weighted by Crippen LogP contribution is -2.46. The van der Waals surface area contributed by atoms with Crippen molar-refractivity contribution in [2.24, 2.45) is 0 Å². The summed E-state index contributed by atoms with van der Waals surface area (Å²) >= 11 is 0. The molecule has 0 bridgehead atoms. The molecule has 0 saturated carbocycles. The van der Waals surface area contributed by atoms with Crippen molar-refractivity contribution in [1.29, 1.82) is 0 Å². The van der Waals surface area contributed by atoms with Gasteiger partial charge in [-0.25, -0.2) is 4.98 Å². The topological polar surface area (TPSA) is 60.0 Å². The molecule has 4 rings (SSSR count). The Hall–Kier alpha value is -3.48. The lowest BCUT2D eigenvalue weighted by molar-refractivity contribution is 0.340. The molecule has 1 aliphatic rings. The lowest BCUT2D eigenvalue weighted by Gasteiger charge is -2.36. The maximum Gasteiger partial charge on any atom is 0.162 e. The van der Waals surface area contributed by atoms with E-state index in [1.165, 1.54) is 0 Å². The predicted octanol–water partition coefficient (Wildman–Crippen LogP) is 3.89. The van der Waals surface area contributed by atoms with Crippen LogP contribution in [-0.4, -0.2) is 57.0 Å². The highest BCUT2D eigenvalue weighted by Gasteiger charge is 2.20. The zero-order chi connectivity index (χ0) is 21.6. The van der Waals surface area contributed by atoms with Crippen LogP contribution in [0.5, 0.6) is 17.2 Å². The number of methoxy groups -OCH3 is 2. The Bertz CT molecular complexity index is 1000. The molecule has 0 spiro atoms. The van der Waals surface area contributed by atoms with Crippen molar-refractivity contribution in [2.45, 2.75) is 6.92 Å². The van der Waals surface area contributed by atoms with Gasteiger partial charge in [0.05, 0.1) is 38.9 Å². The molecule has 7 heteroatoms. The van der Waals surface area contributed by atoms with Crippen LogP contribution in [0.4, 0.5) is 11.5 Å². The van der Waals surface area contributed by atoms with Crippen LogP contribution in [0, 0.1) is 0 Å². The Kier molecular flexibility index (Phi) is 6.40. The van der Waals surface area contributed by atoms with Crippen molar-refractivity contribution in [3.8, 4) is 28.5 Å². The number of hydrogen-bond donors (Lipinski definition) is 0. The second kappa shape index (κ2) is 9.55. The third-order valence-corrected chi connectivity index (χ3v) is 5.42. The van der Waals surface area contributed by atoms with Gasteiger partial charge in [-0.15, -0.1) is 0 Å². The number of piperazine rings is 1. The van der Waals surface area contributed by atoms with Gasteiger partial charge in [-0.2, -0.15) is 0 Å². The zero-order valence-corrected chi connectivity index (χ0v) is 18.2. The minimum atomic E-state index is 0.657. The fraction of sp³-hybridized carbons (Fsp3) is 0.333. The van der Waals surface area contributed by atoms with Crippen LogP contribution in [-0.2, 0) is 0 Å². The molecule has 0 N–H and O–H groups in total. The average Bonchev–Trinajstić information content (AvgIpc) is 2.84. The summed E-state index contributed by atoms with van der Waals surface area (Å²) in [4.78, 5) is 13.9. The summed E-state index contributed by atoms with van der Waals surface area (Å²) < 4.78 is 16.3. The molecule has 0 atom stereocenters. The summed E-state index contributed by atoms with van der Waals surface area (Å²) in [5.41, 5.74) is 3.02. The Labute approximate surface area is 183 Å². The van der Waals surface area contributed by atoms with Gasteiger partial charge in [0.2, 0.25) is 0 Å². The fourth-order valence-electron chi connectivity index (χ4n) is 3.75. The van der Waals surface area contributed by atoms with Gasteiger partial charge in [0.15, 0.2) is 11.5 Å². The van der Waals surface area contributed by atoms with E-state index in [1.54, 1.807) is 20.4 Å². The highest BCUT2D eigenvalue weighted by Crippen LogP contribution is 2.32. The monoisotopic (exact) mass is 420 g/mol. The Morgan fingerprint density at radius 2 is 1.55 bits per heavy atom. The quantitative estimate of drug-likeness (QED) is 0.575. The van der Waals surface area contributed by atoms with Gasteiger partial charge in [-0.05, 0) is 43.3 Å². The van der Waals surface area contributed by atoms with Gasteiger partial charge in [0, 0.05) is 43.5 Å². The first-order valence-corrected chi connectivity index (χ1v) is 10.5. The lowest BCUT2D eigenvalue weighted by atomic mass is 10.1. The number of ether oxygens (including phenoxy) is 3. The molecule has 1 fully saturated rings. The van der Waals surface area contributed by atoms with Crippen molar-refractivity contribution in [3.05, 3.63) is 54.9 Å². The van der Waals surface area contributed by atoms with E-state index in [1.807, 2.05) is 49.5 Å². The van der Waals surface area contributed by atoms with Crippen molar-refractivity contribution in [2.75, 3.05) is 56.8 Å². The summed E-state index contributed by atoms with van der Waals surface area (Å²) in [7, 11) is 3.31. The molecule has 31 heavy (non-hydrogen) atoms. The molecule has 1 aromatic heterocycles. The highest BCUT2D eigenvalue weighted by molar-refractivity contribution is 5.62. The summed E-state index contributed by atoms with van der Waals surface area (Å²) in [6, 6.07) is 14.0. The van der Waals surface area contributed by atoms with Crippen molar-refractivity contribution >= 4 is 11.5 Å². The van der Waals surface area contributed by atoms with E-state index >= 15 is 0 Å². The molecular weight excluding hydrogens is 392 g/mol. The minimum absolute atomic E-state index is 0.657. The maximum atomic E-state index is 5.53. The van der Waals surface area contributed by atoms with E-state index in [0.717, 1.165) is 66.2 Å². The van der Waals surface area contributed by atoms with Crippen molar-refractivity contribution in [3.63, 3.8) is 0 Å². The molecule has 0 radical (unpaired) electrons. The van der Waals surface area contributed by atoms with Gasteiger partial charge in [0.25, 0.3) is 0 Å². The smallest absolute Gasteiger partial charge is 0.162 e. The molecule has 2 heterocycles. The SMILES string of the molecule is CCOc1ccc(-c2cncc(N3CCN(c4ccc(OC)c(OC)c4)CC3)n2)cc1. The molecule has 0 aliphatic carbocycles. The van der Waals surface area contributed by atoms with Crippen molar-refractivity contribution in [1.82, 2.24) is 9.97 Å². The van der Waals surface area contributed by atoms with E-state index in [9.17, 15) is 0 Å². The summed E-state index contributed by atoms with van der Waals surface area (Å²) in [5, 5.41) is 0. The molecule has 162 valence electrons. The van der Waals surface area contributed by atoms with Gasteiger partial charge >= 0.3 is 0 Å². The second-order valence-corrected chi connectivity index (χ2v) is 7.23. The number of aromatic nitrogens is 2. The van der Waals surface area contributed by atoms with Crippen LogP contribution in [0.25, 0.3) is 11.3 Å². The molecule has 3 aromatic rings. The van der Waals surface area contributed by atoms with E-state index in [4.69, 9.17) is 19.2 Å². The van der Waals surface area contributed by atoms with Crippen LogP contribution in [0.1, 0.15) is 6.92 Å². The summed E-state index contributed by atoms with van der Waals surface area (Å²) in [6.07, 6.45) is 3.64. The summed E-state index contributed by atoms with van der Waals surface area (Å²) in [5.74, 6) is 3.25. The third-order valence-electron chi connectivity index (χ3n) is 5.42. The molecule has 7 nitrogen and oxygen atoms in total. The fourth-order valence-corrected chi connectivity index (χ4v) is 3.75. The Morgan fingerprint density at radius 3 is 2.23 bits per heavy atom. The highest BCUT2D eigenvalue weighted by atomic mass is 16.5. The van der Waals surface area contributed by atoms with Gasteiger partial charge in [-0.1, -0.05) is 0 Å². The second-order valence-electron chi connectivity index (χ2n) is 7.23. The van der Waals surface area contributed by atoms with Crippen LogP contribution in [0.2, 0.25) is 0 Å². The standard InChI is InChI=1S/C24H28N4O3/c1-4-31-20-8-5-18(6-9-20)21-16-25-17-24(26-21)28-13-11-27(12-14-28)19-7-10-22(29-2)23(15-19)30-3/h5-10,15-17H,4,11-14H2,1-3H3. The molecule has 2 aromatic carbocycles. The van der Waals surface area contributed by atoms with Crippen LogP contribution in [0.15, 0.2) is 54.9 Å². The Balaban J connectivity index is 1.44. The first-order valence-electron chi connectivity index (χ1n) is 10.5. The van der Waals surface area contributed by atoms with E-state index < -0.39 is 0 Å². The van der Waals surface area contributed by atoms with Crippen molar-refractivity contribution < 1.29 is 14.2 Å². The molecule has 0 amide bonds. The van der Waals surface area contributed by atoms with Gasteiger partial charge in [0.1, 0.15) is 11.6 Å². The largest absolute Gasteiger partial charge is 0.494 e.